The van der Waals surface area contributed by atoms with Crippen LogP contribution in [0, 0.1) is 0 Å². The first-order chi connectivity index (χ1) is 14.1. The molecule has 7 heteroatoms. The number of nitrogens with one attached hydrogen (secondary N) is 1. The van der Waals surface area contributed by atoms with E-state index in [9.17, 15) is 4.79 Å². The molecule has 4 rings (SSSR count). The fourth-order valence-electron chi connectivity index (χ4n) is 2.81. The highest BCUT2D eigenvalue weighted by atomic mass is 79.9. The number of anilines is 1. The smallest absolute Gasteiger partial charge is 0.248 e. The number of fused-ring (bicyclic) bond motifs is 1. The first-order valence-corrected chi connectivity index (χ1v) is 9.55. The fourth-order valence-corrected chi connectivity index (χ4v) is 3.19. The third kappa shape index (κ3) is 4.35. The Labute approximate surface area is 175 Å². The van der Waals surface area contributed by atoms with Gasteiger partial charge < -0.3 is 14.5 Å². The van der Waals surface area contributed by atoms with Crippen molar-refractivity contribution in [2.45, 2.75) is 0 Å². The van der Waals surface area contributed by atoms with E-state index in [1.807, 2.05) is 30.3 Å². The molecule has 29 heavy (non-hydrogen) atoms. The van der Waals surface area contributed by atoms with Gasteiger partial charge in [-0.05, 0) is 54.6 Å². The number of methoxy groups -OCH3 is 1. The quantitative estimate of drug-likeness (QED) is 0.417. The molecule has 0 saturated heterocycles. The summed E-state index contributed by atoms with van der Waals surface area (Å²) in [4.78, 5) is 20.8. The Bertz CT molecular complexity index is 1200. The van der Waals surface area contributed by atoms with E-state index in [1.165, 1.54) is 6.08 Å². The zero-order valence-electron chi connectivity index (χ0n) is 15.4. The van der Waals surface area contributed by atoms with Gasteiger partial charge in [0.25, 0.3) is 0 Å². The molecule has 1 N–H and O–H groups in total. The van der Waals surface area contributed by atoms with Crippen LogP contribution in [0.5, 0.6) is 5.75 Å². The van der Waals surface area contributed by atoms with Gasteiger partial charge in [0.1, 0.15) is 11.3 Å². The second kappa shape index (κ2) is 8.28. The molecule has 0 bridgehead atoms. The number of rotatable bonds is 5. The largest absolute Gasteiger partial charge is 0.496 e. The van der Waals surface area contributed by atoms with Crippen molar-refractivity contribution in [1.82, 2.24) is 9.97 Å². The normalized spacial score (nSPS) is 11.1. The van der Waals surface area contributed by atoms with Crippen LogP contribution in [-0.2, 0) is 4.79 Å². The molecule has 144 valence electrons. The third-order valence-corrected chi connectivity index (χ3v) is 4.68. The predicted molar refractivity (Wildman–Crippen MR) is 116 cm³/mol. The lowest BCUT2D eigenvalue weighted by Gasteiger charge is -2.05. The maximum atomic E-state index is 12.3. The van der Waals surface area contributed by atoms with E-state index >= 15 is 0 Å². The van der Waals surface area contributed by atoms with Gasteiger partial charge in [-0.1, -0.05) is 15.9 Å². The molecular weight excluding hydrogens is 434 g/mol. The van der Waals surface area contributed by atoms with Crippen LogP contribution in [-0.4, -0.2) is 23.0 Å². The van der Waals surface area contributed by atoms with E-state index in [0.717, 1.165) is 15.6 Å². The van der Waals surface area contributed by atoms with Gasteiger partial charge in [-0.25, -0.2) is 4.98 Å². The molecule has 0 atom stereocenters. The summed E-state index contributed by atoms with van der Waals surface area (Å²) in [5.41, 5.74) is 3.57. The van der Waals surface area contributed by atoms with Gasteiger partial charge in [0.05, 0.1) is 7.11 Å². The zero-order chi connectivity index (χ0) is 20.2. The molecule has 0 saturated carbocycles. The number of carbonyl (C=O) groups is 1. The van der Waals surface area contributed by atoms with Crippen molar-refractivity contribution in [3.63, 3.8) is 0 Å². The highest BCUT2D eigenvalue weighted by Gasteiger charge is 2.09. The first kappa shape index (κ1) is 18.9. The monoisotopic (exact) mass is 449 g/mol. The molecule has 0 aliphatic rings. The van der Waals surface area contributed by atoms with Crippen molar-refractivity contribution in [3.8, 4) is 17.2 Å². The van der Waals surface area contributed by atoms with Crippen LogP contribution in [0.2, 0.25) is 0 Å². The lowest BCUT2D eigenvalue weighted by molar-refractivity contribution is -0.111. The van der Waals surface area contributed by atoms with Crippen LogP contribution in [0.4, 0.5) is 5.69 Å². The molecule has 0 unspecified atom stereocenters. The highest BCUT2D eigenvalue weighted by Crippen LogP contribution is 2.26. The van der Waals surface area contributed by atoms with Crippen LogP contribution in [0.1, 0.15) is 5.56 Å². The Kier molecular flexibility index (Phi) is 5.39. The Morgan fingerprint density at radius 3 is 2.76 bits per heavy atom. The number of hydrogen-bond donors (Lipinski definition) is 1. The Balaban J connectivity index is 1.52. The van der Waals surface area contributed by atoms with Crippen LogP contribution in [0.25, 0.3) is 28.6 Å². The van der Waals surface area contributed by atoms with E-state index in [0.29, 0.717) is 28.4 Å². The summed E-state index contributed by atoms with van der Waals surface area (Å²) >= 11 is 3.42. The van der Waals surface area contributed by atoms with Crippen LogP contribution >= 0.6 is 15.9 Å². The van der Waals surface area contributed by atoms with Gasteiger partial charge >= 0.3 is 0 Å². The number of oxazole rings is 1. The summed E-state index contributed by atoms with van der Waals surface area (Å²) in [6, 6.07) is 14.6. The lowest BCUT2D eigenvalue weighted by Crippen LogP contribution is -2.07. The van der Waals surface area contributed by atoms with Gasteiger partial charge in [0, 0.05) is 39.8 Å². The maximum absolute atomic E-state index is 12.3. The van der Waals surface area contributed by atoms with Crippen molar-refractivity contribution in [3.05, 3.63) is 77.0 Å². The van der Waals surface area contributed by atoms with Gasteiger partial charge in [-0.2, -0.15) is 0 Å². The number of ether oxygens (including phenoxy) is 1. The van der Waals surface area contributed by atoms with Crippen LogP contribution in [0.3, 0.4) is 0 Å². The number of carbonyl (C=O) groups excluding carboxylic acids is 1. The molecule has 2 heterocycles. The van der Waals surface area contributed by atoms with Crippen LogP contribution in [0.15, 0.2) is 75.9 Å². The summed E-state index contributed by atoms with van der Waals surface area (Å²) in [5, 5.41) is 2.84. The summed E-state index contributed by atoms with van der Waals surface area (Å²) in [7, 11) is 1.59. The number of hydrogen-bond acceptors (Lipinski definition) is 5. The molecule has 4 aromatic rings. The number of benzene rings is 2. The zero-order valence-corrected chi connectivity index (χ0v) is 17.0. The molecule has 6 nitrogen and oxygen atoms in total. The summed E-state index contributed by atoms with van der Waals surface area (Å²) < 4.78 is 12.0. The molecule has 0 radical (unpaired) electrons. The molecule has 0 spiro atoms. The number of pyridine rings is 1. The average molecular weight is 450 g/mol. The molecule has 1 amide bonds. The van der Waals surface area contributed by atoms with Gasteiger partial charge in [0.15, 0.2) is 5.58 Å². The topological polar surface area (TPSA) is 77.2 Å². The average Bonchev–Trinajstić information content (AvgIpc) is 3.16. The van der Waals surface area contributed by atoms with E-state index < -0.39 is 0 Å². The second-order valence-electron chi connectivity index (χ2n) is 6.15. The number of halogens is 1. The van der Waals surface area contributed by atoms with Gasteiger partial charge in [0.2, 0.25) is 11.8 Å². The second-order valence-corrected chi connectivity index (χ2v) is 7.06. The molecule has 0 aliphatic carbocycles. The number of amides is 1. The van der Waals surface area contributed by atoms with Crippen molar-refractivity contribution in [2.24, 2.45) is 0 Å². The third-order valence-electron chi connectivity index (χ3n) is 4.19. The molecule has 2 aromatic carbocycles. The fraction of sp³-hybridized carbons (Fsp3) is 0.0455. The molecular formula is C22H16BrN3O3. The molecule has 0 fully saturated rings. The molecule has 0 aliphatic heterocycles. The minimum absolute atomic E-state index is 0.260. The van der Waals surface area contributed by atoms with E-state index in [-0.39, 0.29) is 5.91 Å². The summed E-state index contributed by atoms with van der Waals surface area (Å²) in [5.74, 6) is 0.932. The summed E-state index contributed by atoms with van der Waals surface area (Å²) in [6.07, 6.45) is 6.53. The first-order valence-electron chi connectivity index (χ1n) is 8.76. The van der Waals surface area contributed by atoms with Crippen LogP contribution < -0.4 is 10.1 Å². The number of nitrogens with zero attached hydrogens (tertiary/aromatic N) is 2. The minimum Gasteiger partial charge on any atom is -0.496 e. The Morgan fingerprint density at radius 1 is 1.14 bits per heavy atom. The lowest BCUT2D eigenvalue weighted by atomic mass is 10.2. The van der Waals surface area contributed by atoms with Crippen molar-refractivity contribution >= 4 is 44.7 Å². The van der Waals surface area contributed by atoms with Crippen molar-refractivity contribution in [1.29, 1.82) is 0 Å². The summed E-state index contributed by atoms with van der Waals surface area (Å²) in [6.45, 7) is 0. The maximum Gasteiger partial charge on any atom is 0.248 e. The predicted octanol–water partition coefficient (Wildman–Crippen LogP) is 5.31. The van der Waals surface area contributed by atoms with Crippen molar-refractivity contribution in [2.75, 3.05) is 12.4 Å². The van der Waals surface area contributed by atoms with E-state index in [2.05, 4.69) is 31.2 Å². The SMILES string of the molecule is COc1ccc(Br)cc1/C=C/C(=O)Nc1ccc2oc(-c3ccncc3)nc2c1. The Morgan fingerprint density at radius 2 is 1.97 bits per heavy atom. The van der Waals surface area contributed by atoms with Crippen molar-refractivity contribution < 1.29 is 13.9 Å². The van der Waals surface area contributed by atoms with Gasteiger partial charge in [-0.3, -0.25) is 9.78 Å². The minimum atomic E-state index is -0.260. The standard InChI is InChI=1S/C22H16BrN3O3/c1-28-19-5-3-16(23)12-15(19)2-7-21(27)25-17-4-6-20-18(13-17)26-22(29-20)14-8-10-24-11-9-14/h2-13H,1H3,(H,25,27)/b7-2+. The van der Waals surface area contributed by atoms with Gasteiger partial charge in [-0.15, -0.1) is 0 Å². The molecule has 2 aromatic heterocycles. The van der Waals surface area contributed by atoms with E-state index in [1.54, 1.807) is 43.8 Å². The number of aromatic nitrogens is 2. The highest BCUT2D eigenvalue weighted by molar-refractivity contribution is 9.10. The van der Waals surface area contributed by atoms with E-state index in [4.69, 9.17) is 9.15 Å². The Hall–Kier alpha value is -3.45.